The van der Waals surface area contributed by atoms with Gasteiger partial charge in [0.25, 0.3) is 0 Å². The van der Waals surface area contributed by atoms with Crippen LogP contribution in [0, 0.1) is 5.92 Å². The summed E-state index contributed by atoms with van der Waals surface area (Å²) in [5, 5.41) is 38.1. The minimum Gasteiger partial charge on any atom is -0.480 e. The number of hydrogen-bond donors (Lipinski definition) is 8. The molecule has 37 heavy (non-hydrogen) atoms. The standard InChI is InChI=1S/C13H17NO4.C5H9NO2.C3H7NO2.C2H5NO2/c1-9(2)8-11(13(16)17)14-12(15)6-5-10-4-3-7-18-10;7-5(8)4-2-1-3-6-4;1-2(4)3(5)6;3-1-2(4)5/h3-7,9,11H,8H2,1-2H3,(H,14,15)(H,16,17);4,6H,1-3H2,(H,7,8);2H,4H2,1H3,(H,5,6);1,3H2,(H,4,5)/t11-;4-;2-;/m000./s1. The van der Waals surface area contributed by atoms with E-state index in [-0.39, 0.29) is 18.5 Å². The fraction of sp³-hybridized carbons (Fsp3) is 0.522. The summed E-state index contributed by atoms with van der Waals surface area (Å²) in [6.45, 7) is 5.81. The normalized spacial score (nSPS) is 15.6. The Morgan fingerprint density at radius 1 is 1.14 bits per heavy atom. The highest BCUT2D eigenvalue weighted by molar-refractivity contribution is 5.94. The van der Waals surface area contributed by atoms with Gasteiger partial charge in [-0.2, -0.15) is 0 Å². The van der Waals surface area contributed by atoms with E-state index in [4.69, 9.17) is 30.6 Å². The third-order valence-corrected chi connectivity index (χ3v) is 4.19. The average Bonchev–Trinajstić information content (AvgIpc) is 3.52. The van der Waals surface area contributed by atoms with E-state index in [9.17, 15) is 24.0 Å². The van der Waals surface area contributed by atoms with Crippen molar-refractivity contribution >= 4 is 35.9 Å². The molecule has 1 aliphatic rings. The number of carbonyl (C=O) groups excluding carboxylic acids is 1. The van der Waals surface area contributed by atoms with Crippen molar-refractivity contribution in [2.24, 2.45) is 17.4 Å². The average molecular weight is 531 g/mol. The summed E-state index contributed by atoms with van der Waals surface area (Å²) in [6, 6.07) is 1.54. The molecule has 1 saturated heterocycles. The van der Waals surface area contributed by atoms with Crippen LogP contribution in [0.25, 0.3) is 6.08 Å². The smallest absolute Gasteiger partial charge is 0.326 e. The van der Waals surface area contributed by atoms with Crippen molar-refractivity contribution in [2.45, 2.75) is 58.2 Å². The van der Waals surface area contributed by atoms with Gasteiger partial charge < -0.3 is 46.9 Å². The highest BCUT2D eigenvalue weighted by atomic mass is 16.4. The molecule has 1 aromatic heterocycles. The van der Waals surface area contributed by atoms with E-state index in [0.29, 0.717) is 12.2 Å². The molecule has 1 amide bonds. The lowest BCUT2D eigenvalue weighted by atomic mass is 10.0. The number of furan rings is 1. The number of carboxylic acids is 4. The number of carboxylic acid groups (broad SMARTS) is 4. The van der Waals surface area contributed by atoms with E-state index in [1.165, 1.54) is 25.3 Å². The summed E-state index contributed by atoms with van der Waals surface area (Å²) in [4.78, 5) is 51.4. The van der Waals surface area contributed by atoms with Gasteiger partial charge in [0.05, 0.1) is 12.8 Å². The molecule has 1 aliphatic heterocycles. The van der Waals surface area contributed by atoms with Crippen LogP contribution in [-0.2, 0) is 24.0 Å². The van der Waals surface area contributed by atoms with Crippen molar-refractivity contribution in [1.82, 2.24) is 10.6 Å². The Morgan fingerprint density at radius 3 is 2.00 bits per heavy atom. The maximum Gasteiger partial charge on any atom is 0.326 e. The number of rotatable bonds is 9. The monoisotopic (exact) mass is 530 g/mol. The lowest BCUT2D eigenvalue weighted by Gasteiger charge is -2.15. The number of nitrogens with one attached hydrogen (secondary N) is 2. The van der Waals surface area contributed by atoms with Gasteiger partial charge in [0.15, 0.2) is 0 Å². The van der Waals surface area contributed by atoms with Crippen LogP contribution in [0.1, 0.15) is 45.8 Å². The minimum absolute atomic E-state index is 0.195. The highest BCUT2D eigenvalue weighted by Gasteiger charge is 2.20. The molecule has 0 bridgehead atoms. The molecule has 0 unspecified atom stereocenters. The molecule has 0 aromatic carbocycles. The molecule has 1 aromatic rings. The third-order valence-electron chi connectivity index (χ3n) is 4.19. The van der Waals surface area contributed by atoms with E-state index in [2.05, 4.69) is 16.4 Å². The number of amides is 1. The Balaban J connectivity index is 0. The van der Waals surface area contributed by atoms with Crippen molar-refractivity contribution in [3.63, 3.8) is 0 Å². The summed E-state index contributed by atoms with van der Waals surface area (Å²) in [5.74, 6) is -3.38. The third kappa shape index (κ3) is 21.3. The molecule has 0 spiro atoms. The van der Waals surface area contributed by atoms with Crippen LogP contribution >= 0.6 is 0 Å². The quantitative estimate of drug-likeness (QED) is 0.198. The summed E-state index contributed by atoms with van der Waals surface area (Å²) >= 11 is 0. The molecule has 0 aliphatic carbocycles. The van der Waals surface area contributed by atoms with Gasteiger partial charge >= 0.3 is 23.9 Å². The van der Waals surface area contributed by atoms with Gasteiger partial charge in [-0.25, -0.2) is 4.79 Å². The zero-order valence-electron chi connectivity index (χ0n) is 21.1. The molecular formula is C23H38N4O10. The minimum atomic E-state index is -1.02. The van der Waals surface area contributed by atoms with Gasteiger partial charge in [0.1, 0.15) is 23.9 Å². The van der Waals surface area contributed by atoms with Crippen LogP contribution in [0.4, 0.5) is 0 Å². The van der Waals surface area contributed by atoms with Crippen molar-refractivity contribution < 1.29 is 48.8 Å². The molecule has 2 rings (SSSR count). The number of nitrogens with two attached hydrogens (primary N) is 2. The fourth-order valence-electron chi connectivity index (χ4n) is 2.35. The van der Waals surface area contributed by atoms with Gasteiger partial charge in [-0.3, -0.25) is 19.2 Å². The van der Waals surface area contributed by atoms with E-state index < -0.39 is 41.9 Å². The Labute approximate surface area is 214 Å². The van der Waals surface area contributed by atoms with Gasteiger partial charge in [-0.15, -0.1) is 0 Å². The molecule has 2 heterocycles. The first-order valence-corrected chi connectivity index (χ1v) is 11.3. The first-order chi connectivity index (χ1) is 17.2. The van der Waals surface area contributed by atoms with Gasteiger partial charge in [0.2, 0.25) is 5.91 Å². The molecule has 1 fully saturated rings. The largest absolute Gasteiger partial charge is 0.480 e. The van der Waals surface area contributed by atoms with E-state index >= 15 is 0 Å². The topological polar surface area (TPSA) is 256 Å². The Bertz CT molecular complexity index is 848. The Morgan fingerprint density at radius 2 is 1.70 bits per heavy atom. The molecule has 3 atom stereocenters. The molecule has 0 radical (unpaired) electrons. The van der Waals surface area contributed by atoms with Crippen LogP contribution in [0.5, 0.6) is 0 Å². The Kier molecular flexibility index (Phi) is 19.6. The number of hydrogen-bond acceptors (Lipinski definition) is 9. The number of carbonyl (C=O) groups is 5. The molecule has 0 saturated carbocycles. The SMILES string of the molecule is CC(C)C[C@H](NC(=O)C=Cc1ccco1)C(=O)O.C[C@H](N)C(=O)O.NCC(=O)O.O=C(O)[C@@H]1CCCN1. The summed E-state index contributed by atoms with van der Waals surface area (Å²) in [6.07, 6.45) is 6.43. The Hall–Kier alpha value is -3.75. The van der Waals surface area contributed by atoms with E-state index in [1.807, 2.05) is 13.8 Å². The van der Waals surface area contributed by atoms with E-state index in [1.54, 1.807) is 12.1 Å². The lowest BCUT2D eigenvalue weighted by molar-refractivity contribution is -0.141. The van der Waals surface area contributed by atoms with Crippen LogP contribution in [0.15, 0.2) is 28.9 Å². The van der Waals surface area contributed by atoms with Gasteiger partial charge in [0, 0.05) is 6.08 Å². The van der Waals surface area contributed by atoms with Crippen molar-refractivity contribution in [3.8, 4) is 0 Å². The van der Waals surface area contributed by atoms with Crippen LogP contribution < -0.4 is 22.1 Å². The summed E-state index contributed by atoms with van der Waals surface area (Å²) in [5.41, 5.74) is 9.41. The predicted molar refractivity (Wildman–Crippen MR) is 133 cm³/mol. The first kappa shape index (κ1) is 35.4. The zero-order valence-corrected chi connectivity index (χ0v) is 21.1. The second kappa shape index (κ2) is 20.4. The van der Waals surface area contributed by atoms with Crippen molar-refractivity contribution in [1.29, 1.82) is 0 Å². The van der Waals surface area contributed by atoms with Crippen molar-refractivity contribution in [2.75, 3.05) is 13.1 Å². The first-order valence-electron chi connectivity index (χ1n) is 11.3. The molecule has 14 heteroatoms. The van der Waals surface area contributed by atoms with Gasteiger partial charge in [-0.1, -0.05) is 13.8 Å². The summed E-state index contributed by atoms with van der Waals surface area (Å²) < 4.78 is 5.02. The maximum absolute atomic E-state index is 11.5. The number of aliphatic carboxylic acids is 4. The van der Waals surface area contributed by atoms with Gasteiger partial charge in [-0.05, 0) is 56.9 Å². The molecule has 14 nitrogen and oxygen atoms in total. The molecule has 10 N–H and O–H groups in total. The predicted octanol–water partition coefficient (Wildman–Crippen LogP) is 0.179. The fourth-order valence-corrected chi connectivity index (χ4v) is 2.35. The van der Waals surface area contributed by atoms with E-state index in [0.717, 1.165) is 19.4 Å². The zero-order chi connectivity index (χ0) is 29.0. The van der Waals surface area contributed by atoms with Crippen molar-refractivity contribution in [3.05, 3.63) is 30.2 Å². The molecular weight excluding hydrogens is 492 g/mol. The van der Waals surface area contributed by atoms with Crippen LogP contribution in [0.3, 0.4) is 0 Å². The van der Waals surface area contributed by atoms with Crippen LogP contribution in [0.2, 0.25) is 0 Å². The lowest BCUT2D eigenvalue weighted by Crippen LogP contribution is -2.40. The molecule has 210 valence electrons. The second-order valence-electron chi connectivity index (χ2n) is 8.09. The summed E-state index contributed by atoms with van der Waals surface area (Å²) in [7, 11) is 0. The van der Waals surface area contributed by atoms with Crippen LogP contribution in [-0.4, -0.2) is 81.4 Å². The highest BCUT2D eigenvalue weighted by Crippen LogP contribution is 2.06. The second-order valence-corrected chi connectivity index (χ2v) is 8.09. The maximum atomic E-state index is 11.5.